The second kappa shape index (κ2) is 11.8. The fourth-order valence-corrected chi connectivity index (χ4v) is 4.50. The number of aromatic amines is 1. The average molecular weight is 507 g/mol. The molecule has 0 amide bonds. The van der Waals surface area contributed by atoms with Gasteiger partial charge in [-0.25, -0.2) is 17.9 Å². The summed E-state index contributed by atoms with van der Waals surface area (Å²) < 4.78 is 39.3. The number of unbranched alkanes of at least 4 members (excludes halogenated alkanes) is 2. The molecular weight excluding hydrogens is 476 g/mol. The highest BCUT2D eigenvalue weighted by Crippen LogP contribution is 2.18. The van der Waals surface area contributed by atoms with Gasteiger partial charge in [0.05, 0.1) is 25.0 Å². The molecular formula is C22H30N6O6S. The zero-order valence-electron chi connectivity index (χ0n) is 19.7. The van der Waals surface area contributed by atoms with Crippen LogP contribution in [0.3, 0.4) is 0 Å². The summed E-state index contributed by atoms with van der Waals surface area (Å²) in [5.74, 6) is -0.328. The van der Waals surface area contributed by atoms with E-state index in [1.54, 1.807) is 12.1 Å². The number of methoxy groups -OCH3 is 1. The lowest BCUT2D eigenvalue weighted by Gasteiger charge is -2.09. The molecule has 2 aromatic heterocycles. The summed E-state index contributed by atoms with van der Waals surface area (Å²) in [6, 6.07) is 6.24. The van der Waals surface area contributed by atoms with Crippen LogP contribution in [0.25, 0.3) is 11.2 Å². The van der Waals surface area contributed by atoms with Gasteiger partial charge in [0.15, 0.2) is 11.5 Å². The molecule has 0 radical (unpaired) electrons. The number of sulfonamides is 1. The first kappa shape index (κ1) is 26.2. The zero-order chi connectivity index (χ0) is 25.4. The van der Waals surface area contributed by atoms with Gasteiger partial charge in [-0.15, -0.1) is 0 Å². The summed E-state index contributed by atoms with van der Waals surface area (Å²) in [6.07, 6.45) is 2.76. The van der Waals surface area contributed by atoms with Gasteiger partial charge in [0.2, 0.25) is 10.0 Å². The van der Waals surface area contributed by atoms with Gasteiger partial charge < -0.3 is 20.2 Å². The number of H-pyrrole nitrogens is 1. The van der Waals surface area contributed by atoms with Crippen molar-refractivity contribution in [3.8, 4) is 6.01 Å². The summed E-state index contributed by atoms with van der Waals surface area (Å²) in [4.78, 5) is 35.0. The summed E-state index contributed by atoms with van der Waals surface area (Å²) in [5.41, 5.74) is 6.79. The van der Waals surface area contributed by atoms with Crippen LogP contribution in [0.1, 0.15) is 38.2 Å². The molecule has 0 aliphatic carbocycles. The third-order valence-corrected chi connectivity index (χ3v) is 6.70. The number of nitrogens with one attached hydrogen (secondary N) is 2. The molecule has 2 heterocycles. The van der Waals surface area contributed by atoms with Gasteiger partial charge in [0.25, 0.3) is 0 Å². The number of nitrogens with two attached hydrogens (primary N) is 1. The fraction of sp³-hybridized carbons (Fsp3) is 0.455. The topological polar surface area (TPSA) is 171 Å². The van der Waals surface area contributed by atoms with Gasteiger partial charge in [0, 0.05) is 13.1 Å². The lowest BCUT2D eigenvalue weighted by Crippen LogP contribution is -2.25. The van der Waals surface area contributed by atoms with E-state index < -0.39 is 16.0 Å². The number of carbonyl (C=O) groups excluding carboxylic acids is 1. The van der Waals surface area contributed by atoms with Crippen LogP contribution in [0, 0.1) is 0 Å². The van der Waals surface area contributed by atoms with E-state index in [1.807, 2.05) is 6.92 Å². The second-order valence-corrected chi connectivity index (χ2v) is 9.65. The molecule has 35 heavy (non-hydrogen) atoms. The summed E-state index contributed by atoms with van der Waals surface area (Å²) in [7, 11) is -2.48. The largest absolute Gasteiger partial charge is 0.469 e. The van der Waals surface area contributed by atoms with Crippen LogP contribution in [-0.4, -0.2) is 54.2 Å². The molecule has 13 heteroatoms. The zero-order valence-corrected chi connectivity index (χ0v) is 20.6. The maximum absolute atomic E-state index is 12.6. The Morgan fingerprint density at radius 1 is 1.23 bits per heavy atom. The van der Waals surface area contributed by atoms with Gasteiger partial charge in [-0.1, -0.05) is 25.5 Å². The normalized spacial score (nSPS) is 11.6. The number of hydrogen-bond acceptors (Lipinski definition) is 9. The summed E-state index contributed by atoms with van der Waals surface area (Å²) >= 11 is 0. The molecule has 0 spiro atoms. The lowest BCUT2D eigenvalue weighted by atomic mass is 10.1. The van der Waals surface area contributed by atoms with Gasteiger partial charge in [-0.05, 0) is 37.0 Å². The van der Waals surface area contributed by atoms with Crippen molar-refractivity contribution < 1.29 is 22.7 Å². The Labute approximate surface area is 202 Å². The molecule has 0 saturated carbocycles. The van der Waals surface area contributed by atoms with E-state index in [0.29, 0.717) is 42.7 Å². The minimum Gasteiger partial charge on any atom is -0.469 e. The third-order valence-electron chi connectivity index (χ3n) is 5.24. The van der Waals surface area contributed by atoms with Crippen LogP contribution < -0.4 is 20.9 Å². The van der Waals surface area contributed by atoms with Crippen molar-refractivity contribution in [2.75, 3.05) is 26.0 Å². The molecule has 0 aliphatic rings. The molecule has 0 aliphatic heterocycles. The smallest absolute Gasteiger partial charge is 0.327 e. The third kappa shape index (κ3) is 6.79. The number of nitrogens with zero attached hydrogens (tertiary/aromatic N) is 3. The van der Waals surface area contributed by atoms with Crippen LogP contribution in [0.5, 0.6) is 6.01 Å². The molecule has 0 fully saturated rings. The maximum atomic E-state index is 12.6. The van der Waals surface area contributed by atoms with E-state index in [9.17, 15) is 18.0 Å². The van der Waals surface area contributed by atoms with Crippen molar-refractivity contribution in [3.63, 3.8) is 0 Å². The number of esters is 1. The molecule has 4 N–H and O–H groups in total. The lowest BCUT2D eigenvalue weighted by molar-refractivity contribution is -0.139. The number of fused-ring (bicyclic) bond motifs is 1. The number of carbonyl (C=O) groups is 1. The maximum Gasteiger partial charge on any atom is 0.327 e. The fourth-order valence-electron chi connectivity index (χ4n) is 3.36. The number of hydrogen-bond donors (Lipinski definition) is 3. The minimum absolute atomic E-state index is 0.0152. The SMILES string of the molecule is CCCCOc1nc(N)c2[nH]c(=O)n(CCCCNS(=O)(=O)c3cccc(CC(=O)OC)c3)c2n1. The molecule has 0 saturated heterocycles. The van der Waals surface area contributed by atoms with Gasteiger partial charge >= 0.3 is 17.7 Å². The van der Waals surface area contributed by atoms with Crippen LogP contribution in [-0.2, 0) is 32.5 Å². The quantitative estimate of drug-likeness (QED) is 0.229. The molecule has 0 bridgehead atoms. The molecule has 12 nitrogen and oxygen atoms in total. The van der Waals surface area contributed by atoms with Crippen molar-refractivity contribution in [2.45, 2.75) is 50.5 Å². The van der Waals surface area contributed by atoms with Gasteiger partial charge in [-0.2, -0.15) is 9.97 Å². The van der Waals surface area contributed by atoms with Crippen LogP contribution in [0.15, 0.2) is 34.0 Å². The predicted octanol–water partition coefficient (Wildman–Crippen LogP) is 1.35. The van der Waals surface area contributed by atoms with Gasteiger partial charge in [-0.3, -0.25) is 9.36 Å². The standard InChI is InChI=1S/C22H30N6O6S/c1-3-4-12-34-21-26-19(23)18-20(27-21)28(22(30)25-18)11-6-5-10-24-35(31,32)16-9-7-8-15(13-16)14-17(29)33-2/h7-9,13,24H,3-6,10-12,14H2,1-2H3,(H,25,30)(H2,23,26,27). The Bertz CT molecular complexity index is 1330. The van der Waals surface area contributed by atoms with Gasteiger partial charge in [0.1, 0.15) is 5.52 Å². The highest BCUT2D eigenvalue weighted by molar-refractivity contribution is 7.89. The Balaban J connectivity index is 1.59. The van der Waals surface area contributed by atoms with E-state index >= 15 is 0 Å². The number of benzene rings is 1. The van der Waals surface area contributed by atoms with E-state index in [4.69, 9.17) is 10.5 Å². The Hall–Kier alpha value is -3.45. The molecule has 190 valence electrons. The molecule has 1 aromatic carbocycles. The monoisotopic (exact) mass is 506 g/mol. The van der Waals surface area contributed by atoms with E-state index in [-0.39, 0.29) is 35.4 Å². The molecule has 0 atom stereocenters. The van der Waals surface area contributed by atoms with Crippen molar-refractivity contribution >= 4 is 33.0 Å². The Morgan fingerprint density at radius 2 is 2.03 bits per heavy atom. The number of aryl methyl sites for hydroxylation is 1. The summed E-state index contributed by atoms with van der Waals surface area (Å²) in [5, 5.41) is 0. The average Bonchev–Trinajstić information content (AvgIpc) is 3.15. The van der Waals surface area contributed by atoms with Crippen LogP contribution in [0.4, 0.5) is 5.82 Å². The molecule has 0 unspecified atom stereocenters. The number of nitrogen functional groups attached to an aromatic ring is 1. The first-order valence-electron chi connectivity index (χ1n) is 11.3. The van der Waals surface area contributed by atoms with Crippen molar-refractivity contribution in [1.82, 2.24) is 24.2 Å². The van der Waals surface area contributed by atoms with E-state index in [0.717, 1.165) is 12.8 Å². The minimum atomic E-state index is -3.76. The predicted molar refractivity (Wildman–Crippen MR) is 130 cm³/mol. The highest BCUT2D eigenvalue weighted by atomic mass is 32.2. The number of rotatable bonds is 13. The first-order chi connectivity index (χ1) is 16.7. The number of anilines is 1. The number of aromatic nitrogens is 4. The van der Waals surface area contributed by atoms with E-state index in [2.05, 4.69) is 24.4 Å². The second-order valence-electron chi connectivity index (χ2n) is 7.88. The van der Waals surface area contributed by atoms with Crippen molar-refractivity contribution in [1.29, 1.82) is 0 Å². The Kier molecular flexibility index (Phi) is 8.82. The van der Waals surface area contributed by atoms with E-state index in [1.165, 1.54) is 23.8 Å². The van der Waals surface area contributed by atoms with Crippen LogP contribution in [0.2, 0.25) is 0 Å². The summed E-state index contributed by atoms with van der Waals surface area (Å²) in [6.45, 7) is 2.96. The first-order valence-corrected chi connectivity index (χ1v) is 12.8. The Morgan fingerprint density at radius 3 is 2.77 bits per heavy atom. The number of ether oxygens (including phenoxy) is 2. The van der Waals surface area contributed by atoms with Crippen molar-refractivity contribution in [3.05, 3.63) is 40.3 Å². The highest BCUT2D eigenvalue weighted by Gasteiger charge is 2.16. The molecule has 3 aromatic rings. The molecule has 3 rings (SSSR count). The number of imidazole rings is 1. The van der Waals surface area contributed by atoms with Crippen LogP contribution >= 0.6 is 0 Å². The van der Waals surface area contributed by atoms with Crippen molar-refractivity contribution in [2.24, 2.45) is 0 Å².